The topological polar surface area (TPSA) is 70.7 Å². The van der Waals surface area contributed by atoms with Gasteiger partial charge in [0.05, 0.1) is 20.2 Å². The normalized spacial score (nSPS) is 10.7. The second-order valence-electron chi connectivity index (χ2n) is 7.24. The lowest BCUT2D eigenvalue weighted by atomic mass is 10.1. The van der Waals surface area contributed by atoms with Crippen molar-refractivity contribution in [1.82, 2.24) is 10.2 Å². The van der Waals surface area contributed by atoms with E-state index in [2.05, 4.69) is 10.6 Å². The molecule has 0 saturated carbocycles. The standard InChI is InChI=1S/C22H28FN3O3/c1-14-8-15(2)22(16(3)9-14)25-20(27)11-24-21(28)13-26(4)12-17-6-7-19(29-5)18(23)10-17/h6-10H,11-13H2,1-5H3,(H,24,28)(H,25,27). The maximum atomic E-state index is 13.8. The first-order valence-electron chi connectivity index (χ1n) is 9.35. The zero-order valence-electron chi connectivity index (χ0n) is 17.6. The SMILES string of the molecule is COc1ccc(CN(C)CC(=O)NCC(=O)Nc2c(C)cc(C)cc2C)cc1F. The first-order chi connectivity index (χ1) is 13.7. The molecule has 0 unspecified atom stereocenters. The molecule has 0 bridgehead atoms. The molecule has 2 aromatic rings. The molecule has 2 amide bonds. The van der Waals surface area contributed by atoms with Crippen LogP contribution in [-0.2, 0) is 16.1 Å². The van der Waals surface area contributed by atoms with Gasteiger partial charge in [-0.1, -0.05) is 23.8 Å². The van der Waals surface area contributed by atoms with Crippen LogP contribution >= 0.6 is 0 Å². The Morgan fingerprint density at radius 2 is 1.72 bits per heavy atom. The second-order valence-corrected chi connectivity index (χ2v) is 7.24. The Kier molecular flexibility index (Phi) is 7.73. The Hall–Kier alpha value is -2.93. The van der Waals surface area contributed by atoms with Gasteiger partial charge in [-0.2, -0.15) is 0 Å². The van der Waals surface area contributed by atoms with Crippen molar-refractivity contribution in [3.63, 3.8) is 0 Å². The van der Waals surface area contributed by atoms with Gasteiger partial charge in [0.2, 0.25) is 11.8 Å². The van der Waals surface area contributed by atoms with Crippen molar-refractivity contribution in [2.45, 2.75) is 27.3 Å². The van der Waals surface area contributed by atoms with E-state index in [9.17, 15) is 14.0 Å². The number of benzene rings is 2. The molecular weight excluding hydrogens is 373 g/mol. The third-order valence-corrected chi connectivity index (χ3v) is 4.47. The highest BCUT2D eigenvalue weighted by atomic mass is 19.1. The van der Waals surface area contributed by atoms with Crippen molar-refractivity contribution in [3.8, 4) is 5.75 Å². The summed E-state index contributed by atoms with van der Waals surface area (Å²) in [5.41, 5.74) is 4.59. The molecule has 2 rings (SSSR count). The smallest absolute Gasteiger partial charge is 0.243 e. The lowest BCUT2D eigenvalue weighted by Crippen LogP contribution is -2.39. The number of nitrogens with one attached hydrogen (secondary N) is 2. The zero-order chi connectivity index (χ0) is 21.6. The Labute approximate surface area is 171 Å². The number of rotatable bonds is 8. The number of carbonyl (C=O) groups is 2. The van der Waals surface area contributed by atoms with Crippen LogP contribution in [0.4, 0.5) is 10.1 Å². The van der Waals surface area contributed by atoms with E-state index < -0.39 is 5.82 Å². The molecule has 0 aromatic heterocycles. The Morgan fingerprint density at radius 1 is 1.07 bits per heavy atom. The van der Waals surface area contributed by atoms with Crippen LogP contribution in [0.15, 0.2) is 30.3 Å². The third-order valence-electron chi connectivity index (χ3n) is 4.47. The number of methoxy groups -OCH3 is 1. The van der Waals surface area contributed by atoms with E-state index in [1.165, 1.54) is 13.2 Å². The van der Waals surface area contributed by atoms with Gasteiger partial charge in [0.15, 0.2) is 11.6 Å². The highest BCUT2D eigenvalue weighted by molar-refractivity contribution is 5.96. The van der Waals surface area contributed by atoms with Crippen LogP contribution in [-0.4, -0.2) is 44.0 Å². The fourth-order valence-corrected chi connectivity index (χ4v) is 3.22. The molecule has 0 radical (unpaired) electrons. The first-order valence-corrected chi connectivity index (χ1v) is 9.35. The fourth-order valence-electron chi connectivity index (χ4n) is 3.22. The van der Waals surface area contributed by atoms with Crippen molar-refractivity contribution in [3.05, 3.63) is 58.4 Å². The van der Waals surface area contributed by atoms with Crippen LogP contribution in [0.25, 0.3) is 0 Å². The summed E-state index contributed by atoms with van der Waals surface area (Å²) in [5, 5.41) is 5.46. The summed E-state index contributed by atoms with van der Waals surface area (Å²) in [4.78, 5) is 26.0. The van der Waals surface area contributed by atoms with Crippen molar-refractivity contribution in [2.75, 3.05) is 32.6 Å². The molecule has 156 valence electrons. The maximum absolute atomic E-state index is 13.8. The predicted octanol–water partition coefficient (Wildman–Crippen LogP) is 2.95. The second kappa shape index (κ2) is 10.0. The first kappa shape index (κ1) is 22.4. The number of amides is 2. The number of aryl methyl sites for hydroxylation is 3. The number of nitrogens with zero attached hydrogens (tertiary/aromatic N) is 1. The number of hydrogen-bond donors (Lipinski definition) is 2. The van der Waals surface area contributed by atoms with E-state index in [1.807, 2.05) is 32.9 Å². The van der Waals surface area contributed by atoms with Crippen molar-refractivity contribution in [1.29, 1.82) is 0 Å². The molecule has 0 heterocycles. The summed E-state index contributed by atoms with van der Waals surface area (Å²) in [6.45, 7) is 6.24. The van der Waals surface area contributed by atoms with E-state index >= 15 is 0 Å². The van der Waals surface area contributed by atoms with Gasteiger partial charge in [-0.3, -0.25) is 14.5 Å². The third kappa shape index (κ3) is 6.57. The molecule has 2 aromatic carbocycles. The minimum atomic E-state index is -0.443. The van der Waals surface area contributed by atoms with Gasteiger partial charge in [-0.05, 0) is 56.6 Å². The Morgan fingerprint density at radius 3 is 2.31 bits per heavy atom. The molecule has 7 heteroatoms. The van der Waals surface area contributed by atoms with E-state index in [0.29, 0.717) is 6.54 Å². The minimum absolute atomic E-state index is 0.0868. The highest BCUT2D eigenvalue weighted by Crippen LogP contribution is 2.21. The van der Waals surface area contributed by atoms with Crippen LogP contribution in [0.3, 0.4) is 0 Å². The molecule has 0 spiro atoms. The van der Waals surface area contributed by atoms with E-state index in [0.717, 1.165) is 27.9 Å². The summed E-state index contributed by atoms with van der Waals surface area (Å²) >= 11 is 0. The number of carbonyl (C=O) groups excluding carboxylic acids is 2. The average molecular weight is 401 g/mol. The quantitative estimate of drug-likeness (QED) is 0.714. The molecule has 0 aliphatic rings. The highest BCUT2D eigenvalue weighted by Gasteiger charge is 2.12. The number of halogens is 1. The summed E-state index contributed by atoms with van der Waals surface area (Å²) < 4.78 is 18.7. The molecule has 0 aliphatic carbocycles. The van der Waals surface area contributed by atoms with Crippen LogP contribution in [0.5, 0.6) is 5.75 Å². The molecule has 2 N–H and O–H groups in total. The van der Waals surface area contributed by atoms with Gasteiger partial charge in [-0.25, -0.2) is 4.39 Å². The minimum Gasteiger partial charge on any atom is -0.494 e. The molecule has 0 saturated heterocycles. The average Bonchev–Trinajstić information content (AvgIpc) is 2.63. The molecular formula is C22H28FN3O3. The van der Waals surface area contributed by atoms with Gasteiger partial charge >= 0.3 is 0 Å². The van der Waals surface area contributed by atoms with Crippen LogP contribution in [0.2, 0.25) is 0 Å². The fraction of sp³-hybridized carbons (Fsp3) is 0.364. The van der Waals surface area contributed by atoms with Gasteiger partial charge < -0.3 is 15.4 Å². The van der Waals surface area contributed by atoms with Crippen LogP contribution in [0.1, 0.15) is 22.3 Å². The number of anilines is 1. The summed E-state index contributed by atoms with van der Waals surface area (Å²) in [6, 6.07) is 8.68. The monoisotopic (exact) mass is 401 g/mol. The van der Waals surface area contributed by atoms with Gasteiger partial charge in [-0.15, -0.1) is 0 Å². The van der Waals surface area contributed by atoms with Crippen molar-refractivity contribution >= 4 is 17.5 Å². The lowest BCUT2D eigenvalue weighted by Gasteiger charge is -2.17. The van der Waals surface area contributed by atoms with E-state index in [4.69, 9.17) is 4.74 Å². The van der Waals surface area contributed by atoms with E-state index in [1.54, 1.807) is 24.1 Å². The molecule has 0 aliphatic heterocycles. The van der Waals surface area contributed by atoms with Crippen LogP contribution in [0, 0.1) is 26.6 Å². The summed E-state index contributed by atoms with van der Waals surface area (Å²) in [7, 11) is 3.16. The molecule has 0 fully saturated rings. The number of likely N-dealkylation sites (N-methyl/N-ethyl adjacent to an activating group) is 1. The van der Waals surface area contributed by atoms with Crippen molar-refractivity contribution < 1.29 is 18.7 Å². The Bertz CT molecular complexity index is 876. The number of ether oxygens (including phenoxy) is 1. The van der Waals surface area contributed by atoms with Gasteiger partial charge in [0.1, 0.15) is 0 Å². The molecule has 29 heavy (non-hydrogen) atoms. The molecule has 0 atom stereocenters. The summed E-state index contributed by atoms with van der Waals surface area (Å²) in [6.07, 6.45) is 0. The largest absolute Gasteiger partial charge is 0.494 e. The van der Waals surface area contributed by atoms with Crippen molar-refractivity contribution in [2.24, 2.45) is 0 Å². The van der Waals surface area contributed by atoms with Crippen LogP contribution < -0.4 is 15.4 Å². The Balaban J connectivity index is 1.81. The van der Waals surface area contributed by atoms with Gasteiger partial charge in [0, 0.05) is 12.2 Å². The maximum Gasteiger partial charge on any atom is 0.243 e. The zero-order valence-corrected chi connectivity index (χ0v) is 17.6. The van der Waals surface area contributed by atoms with Gasteiger partial charge in [0.25, 0.3) is 0 Å². The molecule has 6 nitrogen and oxygen atoms in total. The lowest BCUT2D eigenvalue weighted by molar-refractivity contribution is -0.124. The van der Waals surface area contributed by atoms with E-state index in [-0.39, 0.29) is 30.7 Å². The summed E-state index contributed by atoms with van der Waals surface area (Å²) in [5.74, 6) is -0.831. The number of hydrogen-bond acceptors (Lipinski definition) is 4. The predicted molar refractivity (Wildman–Crippen MR) is 112 cm³/mol.